The van der Waals surface area contributed by atoms with Crippen LogP contribution in [0.3, 0.4) is 0 Å². The Morgan fingerprint density at radius 3 is 2.22 bits per heavy atom. The summed E-state index contributed by atoms with van der Waals surface area (Å²) in [6, 6.07) is 4.35. The molecule has 0 radical (unpaired) electrons. The standard InChI is InChI=1S/C12H8F3NO2/c13-12(14,15)8-3-1-7(2-4-8)9-5-16-6-10(9)11(17)18/h1-6,16H,(H,17,18). The number of hydrogen-bond donors (Lipinski definition) is 2. The van der Waals surface area contributed by atoms with Crippen LogP contribution in [0.2, 0.25) is 0 Å². The second-order valence-electron chi connectivity index (χ2n) is 3.66. The Bertz CT molecular complexity index is 570. The van der Waals surface area contributed by atoms with E-state index in [2.05, 4.69) is 4.98 Å². The summed E-state index contributed by atoms with van der Waals surface area (Å²) >= 11 is 0. The zero-order chi connectivity index (χ0) is 13.3. The van der Waals surface area contributed by atoms with E-state index in [0.29, 0.717) is 11.1 Å². The lowest BCUT2D eigenvalue weighted by Gasteiger charge is -2.07. The monoisotopic (exact) mass is 255 g/mol. The number of nitrogens with one attached hydrogen (secondary N) is 1. The van der Waals surface area contributed by atoms with Gasteiger partial charge in [-0.3, -0.25) is 0 Å². The summed E-state index contributed by atoms with van der Waals surface area (Å²) in [5.41, 5.74) is 0.0336. The summed E-state index contributed by atoms with van der Waals surface area (Å²) in [4.78, 5) is 13.5. The van der Waals surface area contributed by atoms with E-state index >= 15 is 0 Å². The maximum absolute atomic E-state index is 12.4. The molecule has 1 aromatic carbocycles. The zero-order valence-electron chi connectivity index (χ0n) is 8.95. The SMILES string of the molecule is O=C(O)c1c[nH]cc1-c1ccc(C(F)(F)F)cc1. The van der Waals surface area contributed by atoms with Gasteiger partial charge in [0.15, 0.2) is 0 Å². The van der Waals surface area contributed by atoms with Crippen molar-refractivity contribution in [3.05, 3.63) is 47.8 Å². The molecule has 0 amide bonds. The highest BCUT2D eigenvalue weighted by atomic mass is 19.4. The van der Waals surface area contributed by atoms with E-state index in [0.717, 1.165) is 12.1 Å². The molecular weight excluding hydrogens is 247 g/mol. The number of hydrogen-bond acceptors (Lipinski definition) is 1. The van der Waals surface area contributed by atoms with Crippen LogP contribution < -0.4 is 0 Å². The van der Waals surface area contributed by atoms with E-state index in [-0.39, 0.29) is 5.56 Å². The average molecular weight is 255 g/mol. The fourth-order valence-corrected chi connectivity index (χ4v) is 1.62. The number of carboxylic acid groups (broad SMARTS) is 1. The molecule has 0 atom stereocenters. The van der Waals surface area contributed by atoms with Gasteiger partial charge in [0.25, 0.3) is 0 Å². The molecule has 0 saturated heterocycles. The fraction of sp³-hybridized carbons (Fsp3) is 0.0833. The summed E-state index contributed by atoms with van der Waals surface area (Å²) in [6.07, 6.45) is -1.67. The zero-order valence-corrected chi connectivity index (χ0v) is 8.95. The van der Waals surface area contributed by atoms with Crippen molar-refractivity contribution in [2.45, 2.75) is 6.18 Å². The Balaban J connectivity index is 2.41. The van der Waals surface area contributed by atoms with Crippen LogP contribution in [-0.4, -0.2) is 16.1 Å². The summed E-state index contributed by atoms with van der Waals surface area (Å²) in [5, 5.41) is 8.90. The van der Waals surface area contributed by atoms with Crippen molar-refractivity contribution in [1.29, 1.82) is 0 Å². The van der Waals surface area contributed by atoms with Gasteiger partial charge in [0.05, 0.1) is 11.1 Å². The van der Waals surface area contributed by atoms with Crippen molar-refractivity contribution in [3.8, 4) is 11.1 Å². The van der Waals surface area contributed by atoms with Gasteiger partial charge in [-0.15, -0.1) is 0 Å². The van der Waals surface area contributed by atoms with Crippen LogP contribution in [0.25, 0.3) is 11.1 Å². The third kappa shape index (κ3) is 2.22. The highest BCUT2D eigenvalue weighted by Gasteiger charge is 2.30. The number of benzene rings is 1. The Labute approximate surface area is 99.9 Å². The number of carboxylic acids is 1. The normalized spacial score (nSPS) is 11.5. The molecule has 1 aromatic heterocycles. The van der Waals surface area contributed by atoms with Crippen LogP contribution in [0, 0.1) is 0 Å². The molecule has 2 aromatic rings. The minimum Gasteiger partial charge on any atom is -0.478 e. The summed E-state index contributed by atoms with van der Waals surface area (Å²) in [7, 11) is 0. The first-order chi connectivity index (χ1) is 8.39. The Hall–Kier alpha value is -2.24. The first kappa shape index (κ1) is 12.2. The van der Waals surface area contributed by atoms with E-state index in [9.17, 15) is 18.0 Å². The van der Waals surface area contributed by atoms with Crippen LogP contribution in [0.5, 0.6) is 0 Å². The molecule has 0 unspecified atom stereocenters. The summed E-state index contributed by atoms with van der Waals surface area (Å²) in [6.45, 7) is 0. The number of carbonyl (C=O) groups is 1. The van der Waals surface area contributed by atoms with E-state index in [1.807, 2.05) is 0 Å². The molecule has 0 aliphatic carbocycles. The van der Waals surface area contributed by atoms with E-state index in [1.165, 1.54) is 24.5 Å². The first-order valence-electron chi connectivity index (χ1n) is 4.97. The van der Waals surface area contributed by atoms with Crippen molar-refractivity contribution in [2.24, 2.45) is 0 Å². The summed E-state index contributed by atoms with van der Waals surface area (Å²) in [5.74, 6) is -1.13. The lowest BCUT2D eigenvalue weighted by Crippen LogP contribution is -2.04. The maximum atomic E-state index is 12.4. The highest BCUT2D eigenvalue weighted by molar-refractivity contribution is 5.95. The molecule has 94 valence electrons. The molecule has 2 N–H and O–H groups in total. The topological polar surface area (TPSA) is 53.1 Å². The quantitative estimate of drug-likeness (QED) is 0.864. The molecule has 0 spiro atoms. The minimum absolute atomic E-state index is 0.0229. The van der Waals surface area contributed by atoms with Gasteiger partial charge in [-0.1, -0.05) is 12.1 Å². The van der Waals surface area contributed by atoms with Gasteiger partial charge >= 0.3 is 12.1 Å². The first-order valence-corrected chi connectivity index (χ1v) is 4.97. The predicted octanol–water partition coefficient (Wildman–Crippen LogP) is 3.40. The molecule has 2 rings (SSSR count). The second kappa shape index (κ2) is 4.21. The van der Waals surface area contributed by atoms with E-state index in [1.54, 1.807) is 0 Å². The van der Waals surface area contributed by atoms with Gasteiger partial charge < -0.3 is 10.1 Å². The Morgan fingerprint density at radius 2 is 1.72 bits per heavy atom. The number of halogens is 3. The van der Waals surface area contributed by atoms with Gasteiger partial charge in [0, 0.05) is 18.0 Å². The molecule has 0 aliphatic heterocycles. The molecular formula is C12H8F3NO2. The molecule has 1 heterocycles. The molecule has 3 nitrogen and oxygen atoms in total. The predicted molar refractivity (Wildman–Crippen MR) is 58.2 cm³/mol. The van der Waals surface area contributed by atoms with Gasteiger partial charge in [-0.25, -0.2) is 4.79 Å². The smallest absolute Gasteiger partial charge is 0.416 e. The van der Waals surface area contributed by atoms with E-state index in [4.69, 9.17) is 5.11 Å². The van der Waals surface area contributed by atoms with Crippen molar-refractivity contribution in [3.63, 3.8) is 0 Å². The van der Waals surface area contributed by atoms with Crippen molar-refractivity contribution in [2.75, 3.05) is 0 Å². The molecule has 0 bridgehead atoms. The van der Waals surface area contributed by atoms with E-state index < -0.39 is 17.7 Å². The Morgan fingerprint density at radius 1 is 1.11 bits per heavy atom. The largest absolute Gasteiger partial charge is 0.478 e. The van der Waals surface area contributed by atoms with Crippen LogP contribution in [0.1, 0.15) is 15.9 Å². The number of rotatable bonds is 2. The fourth-order valence-electron chi connectivity index (χ4n) is 1.62. The number of alkyl halides is 3. The highest BCUT2D eigenvalue weighted by Crippen LogP contribution is 2.31. The number of aromatic carboxylic acids is 1. The third-order valence-electron chi connectivity index (χ3n) is 2.50. The van der Waals surface area contributed by atoms with Crippen LogP contribution in [0.15, 0.2) is 36.7 Å². The van der Waals surface area contributed by atoms with Gasteiger partial charge in [-0.2, -0.15) is 13.2 Å². The lowest BCUT2D eigenvalue weighted by molar-refractivity contribution is -0.137. The van der Waals surface area contributed by atoms with Crippen LogP contribution in [0.4, 0.5) is 13.2 Å². The minimum atomic E-state index is -4.40. The number of aromatic nitrogens is 1. The number of aromatic amines is 1. The van der Waals surface area contributed by atoms with Gasteiger partial charge in [0.1, 0.15) is 0 Å². The average Bonchev–Trinajstić information content (AvgIpc) is 2.77. The van der Waals surface area contributed by atoms with Gasteiger partial charge in [0.2, 0.25) is 0 Å². The van der Waals surface area contributed by atoms with Crippen molar-refractivity contribution < 1.29 is 23.1 Å². The number of H-pyrrole nitrogens is 1. The molecule has 6 heteroatoms. The molecule has 0 saturated carbocycles. The van der Waals surface area contributed by atoms with Crippen molar-refractivity contribution in [1.82, 2.24) is 4.98 Å². The molecule has 0 fully saturated rings. The lowest BCUT2D eigenvalue weighted by atomic mass is 10.0. The van der Waals surface area contributed by atoms with Gasteiger partial charge in [-0.05, 0) is 17.7 Å². The molecule has 0 aliphatic rings. The van der Waals surface area contributed by atoms with Crippen LogP contribution in [-0.2, 0) is 6.18 Å². The summed E-state index contributed by atoms with van der Waals surface area (Å²) < 4.78 is 37.1. The third-order valence-corrected chi connectivity index (χ3v) is 2.50. The van der Waals surface area contributed by atoms with Crippen LogP contribution >= 0.6 is 0 Å². The molecule has 18 heavy (non-hydrogen) atoms. The van der Waals surface area contributed by atoms with Crippen molar-refractivity contribution >= 4 is 5.97 Å². The Kier molecular flexibility index (Phi) is 2.86. The maximum Gasteiger partial charge on any atom is 0.416 e. The second-order valence-corrected chi connectivity index (χ2v) is 3.66.